The van der Waals surface area contributed by atoms with Gasteiger partial charge in [0.15, 0.2) is 0 Å². The van der Waals surface area contributed by atoms with E-state index in [4.69, 9.17) is 16.7 Å². The Hall–Kier alpha value is -2.07. The molecule has 0 bridgehead atoms. The van der Waals surface area contributed by atoms with Gasteiger partial charge in [-0.05, 0) is 30.3 Å². The van der Waals surface area contributed by atoms with Crippen LogP contribution in [-0.2, 0) is 0 Å². The van der Waals surface area contributed by atoms with Gasteiger partial charge in [0.05, 0.1) is 16.9 Å². The van der Waals surface area contributed by atoms with Gasteiger partial charge >= 0.3 is 0 Å². The summed E-state index contributed by atoms with van der Waals surface area (Å²) in [5, 5.41) is 12.2. The molecule has 1 amide bonds. The quantitative estimate of drug-likeness (QED) is 0.859. The lowest BCUT2D eigenvalue weighted by Crippen LogP contribution is -2.12. The summed E-state index contributed by atoms with van der Waals surface area (Å²) < 4.78 is 0. The Morgan fingerprint density at radius 3 is 2.59 bits per heavy atom. The zero-order valence-corrected chi connectivity index (χ0v) is 9.48. The first-order valence-electron chi connectivity index (χ1n) is 4.87. The highest BCUT2D eigenvalue weighted by atomic mass is 35.5. The van der Waals surface area contributed by atoms with E-state index in [-0.39, 0.29) is 11.7 Å². The van der Waals surface area contributed by atoms with Crippen molar-refractivity contribution in [1.82, 2.24) is 4.98 Å². The van der Waals surface area contributed by atoms with Crippen LogP contribution >= 0.6 is 11.6 Å². The number of carbonyl (C=O) groups excluding carboxylic acids is 1. The number of nitrogens with zero attached hydrogens (tertiary/aromatic N) is 1. The Balaban J connectivity index is 2.17. The van der Waals surface area contributed by atoms with Gasteiger partial charge < -0.3 is 10.4 Å². The van der Waals surface area contributed by atoms with Crippen molar-refractivity contribution in [2.75, 3.05) is 5.32 Å². The highest BCUT2D eigenvalue weighted by Crippen LogP contribution is 2.20. The predicted molar refractivity (Wildman–Crippen MR) is 65.3 cm³/mol. The molecule has 5 heteroatoms. The first-order valence-corrected chi connectivity index (χ1v) is 5.24. The number of hydrogen-bond donors (Lipinski definition) is 2. The number of aromatic nitrogens is 1. The molecule has 1 aromatic carbocycles. The second kappa shape index (κ2) is 4.84. The number of halogens is 1. The summed E-state index contributed by atoms with van der Waals surface area (Å²) in [6.45, 7) is 0. The maximum atomic E-state index is 11.8. The van der Waals surface area contributed by atoms with Crippen LogP contribution in [0.2, 0.25) is 5.02 Å². The van der Waals surface area contributed by atoms with Gasteiger partial charge in [-0.1, -0.05) is 11.6 Å². The molecule has 0 saturated carbocycles. The summed E-state index contributed by atoms with van der Waals surface area (Å²) in [5.74, 6) is -0.194. The topological polar surface area (TPSA) is 62.2 Å². The van der Waals surface area contributed by atoms with E-state index >= 15 is 0 Å². The SMILES string of the molecule is O=C(Nc1cnccc1Cl)c1ccc(O)cc1. The molecule has 1 heterocycles. The van der Waals surface area contributed by atoms with Gasteiger partial charge in [-0.15, -0.1) is 0 Å². The molecule has 0 atom stereocenters. The summed E-state index contributed by atoms with van der Waals surface area (Å²) in [5.41, 5.74) is 0.884. The van der Waals surface area contributed by atoms with E-state index in [2.05, 4.69) is 10.3 Å². The van der Waals surface area contributed by atoms with Crippen molar-refractivity contribution in [3.05, 3.63) is 53.3 Å². The lowest BCUT2D eigenvalue weighted by molar-refractivity contribution is 0.102. The van der Waals surface area contributed by atoms with Crippen molar-refractivity contribution >= 4 is 23.2 Å². The number of benzene rings is 1. The Morgan fingerprint density at radius 1 is 1.24 bits per heavy atom. The maximum Gasteiger partial charge on any atom is 0.255 e. The van der Waals surface area contributed by atoms with Crippen molar-refractivity contribution in [2.45, 2.75) is 0 Å². The minimum Gasteiger partial charge on any atom is -0.508 e. The van der Waals surface area contributed by atoms with Crippen molar-refractivity contribution in [2.24, 2.45) is 0 Å². The number of hydrogen-bond acceptors (Lipinski definition) is 3. The fourth-order valence-corrected chi connectivity index (χ4v) is 1.43. The third-order valence-electron chi connectivity index (χ3n) is 2.15. The van der Waals surface area contributed by atoms with Crippen LogP contribution in [0.25, 0.3) is 0 Å². The van der Waals surface area contributed by atoms with Crippen LogP contribution in [-0.4, -0.2) is 16.0 Å². The van der Waals surface area contributed by atoms with E-state index in [1.165, 1.54) is 30.5 Å². The minimum atomic E-state index is -0.306. The van der Waals surface area contributed by atoms with Crippen molar-refractivity contribution in [1.29, 1.82) is 0 Å². The lowest BCUT2D eigenvalue weighted by Gasteiger charge is -2.06. The van der Waals surface area contributed by atoms with Crippen LogP contribution in [0.1, 0.15) is 10.4 Å². The largest absolute Gasteiger partial charge is 0.508 e. The summed E-state index contributed by atoms with van der Waals surface area (Å²) in [7, 11) is 0. The van der Waals surface area contributed by atoms with Crippen LogP contribution in [0.3, 0.4) is 0 Å². The molecule has 4 nitrogen and oxygen atoms in total. The van der Waals surface area contributed by atoms with Gasteiger partial charge in [0.25, 0.3) is 5.91 Å². The van der Waals surface area contributed by atoms with E-state index in [0.717, 1.165) is 0 Å². The van der Waals surface area contributed by atoms with E-state index in [0.29, 0.717) is 16.3 Å². The van der Waals surface area contributed by atoms with Crippen LogP contribution < -0.4 is 5.32 Å². The summed E-state index contributed by atoms with van der Waals surface area (Å²) in [6, 6.07) is 7.53. The average Bonchev–Trinajstić information content (AvgIpc) is 2.33. The fraction of sp³-hybridized carbons (Fsp3) is 0. The number of amides is 1. The maximum absolute atomic E-state index is 11.8. The Labute approximate surface area is 103 Å². The van der Waals surface area contributed by atoms with Crippen LogP contribution in [0, 0.1) is 0 Å². The normalized spacial score (nSPS) is 9.94. The molecule has 0 aliphatic heterocycles. The summed E-state index contributed by atoms with van der Waals surface area (Å²) in [4.78, 5) is 15.7. The number of aromatic hydroxyl groups is 1. The first-order chi connectivity index (χ1) is 8.16. The van der Waals surface area contributed by atoms with Crippen LogP contribution in [0.5, 0.6) is 5.75 Å². The van der Waals surface area contributed by atoms with Gasteiger partial charge in [-0.2, -0.15) is 0 Å². The highest BCUT2D eigenvalue weighted by molar-refractivity contribution is 6.33. The minimum absolute atomic E-state index is 0.112. The third-order valence-corrected chi connectivity index (χ3v) is 2.48. The van der Waals surface area contributed by atoms with Crippen molar-refractivity contribution in [3.63, 3.8) is 0 Å². The zero-order valence-electron chi connectivity index (χ0n) is 8.72. The Morgan fingerprint density at radius 2 is 1.94 bits per heavy atom. The average molecular weight is 249 g/mol. The summed E-state index contributed by atoms with van der Waals surface area (Å²) >= 11 is 5.89. The molecular formula is C12H9ClN2O2. The molecule has 0 unspecified atom stereocenters. The number of carbonyl (C=O) groups is 1. The molecule has 1 aromatic heterocycles. The molecule has 0 aliphatic carbocycles. The molecule has 0 aliphatic rings. The molecule has 0 saturated heterocycles. The standard InChI is InChI=1S/C12H9ClN2O2/c13-10-5-6-14-7-11(10)15-12(17)8-1-3-9(16)4-2-8/h1-7,16H,(H,15,17). The van der Waals surface area contributed by atoms with Crippen molar-refractivity contribution < 1.29 is 9.90 Å². The third kappa shape index (κ3) is 2.73. The molecule has 0 spiro atoms. The first kappa shape index (κ1) is 11.4. The van der Waals surface area contributed by atoms with Gasteiger partial charge in [-0.3, -0.25) is 9.78 Å². The number of rotatable bonds is 2. The number of anilines is 1. The molecule has 2 N–H and O–H groups in total. The molecule has 2 rings (SSSR count). The highest BCUT2D eigenvalue weighted by Gasteiger charge is 2.08. The molecule has 0 radical (unpaired) electrons. The van der Waals surface area contributed by atoms with Gasteiger partial charge in [0, 0.05) is 11.8 Å². The summed E-state index contributed by atoms with van der Waals surface area (Å²) in [6.07, 6.45) is 3.01. The fourth-order valence-electron chi connectivity index (χ4n) is 1.28. The second-order valence-corrected chi connectivity index (χ2v) is 3.76. The van der Waals surface area contributed by atoms with Crippen LogP contribution in [0.15, 0.2) is 42.7 Å². The molecule has 17 heavy (non-hydrogen) atoms. The number of pyridine rings is 1. The number of phenolic OH excluding ortho intramolecular Hbond substituents is 1. The smallest absolute Gasteiger partial charge is 0.255 e. The molecular weight excluding hydrogens is 240 g/mol. The van der Waals surface area contributed by atoms with Gasteiger partial charge in [-0.25, -0.2) is 0 Å². The molecule has 0 fully saturated rings. The van der Waals surface area contributed by atoms with Gasteiger partial charge in [0.1, 0.15) is 5.75 Å². The number of phenols is 1. The Bertz CT molecular complexity index is 540. The number of nitrogens with one attached hydrogen (secondary N) is 1. The van der Waals surface area contributed by atoms with E-state index < -0.39 is 0 Å². The van der Waals surface area contributed by atoms with Gasteiger partial charge in [0.2, 0.25) is 0 Å². The zero-order chi connectivity index (χ0) is 12.3. The van der Waals surface area contributed by atoms with E-state index in [9.17, 15) is 4.79 Å². The molecule has 2 aromatic rings. The monoisotopic (exact) mass is 248 g/mol. The Kier molecular flexibility index (Phi) is 3.25. The predicted octanol–water partition coefficient (Wildman–Crippen LogP) is 2.69. The van der Waals surface area contributed by atoms with E-state index in [1.54, 1.807) is 12.3 Å². The lowest BCUT2D eigenvalue weighted by atomic mass is 10.2. The van der Waals surface area contributed by atoms with Crippen molar-refractivity contribution in [3.8, 4) is 5.75 Å². The second-order valence-electron chi connectivity index (χ2n) is 3.36. The molecule has 86 valence electrons. The van der Waals surface area contributed by atoms with Crippen LogP contribution in [0.4, 0.5) is 5.69 Å². The van der Waals surface area contributed by atoms with E-state index in [1.807, 2.05) is 0 Å².